The largest absolute Gasteiger partial charge is 0.393 e. The molecule has 2 aliphatic rings. The van der Waals surface area contributed by atoms with E-state index in [1.165, 1.54) is 16.7 Å². The second-order valence-electron chi connectivity index (χ2n) is 11.4. The normalized spacial score (nSPS) is 22.3. The first-order valence-corrected chi connectivity index (χ1v) is 14.3. The molecule has 2 fully saturated rings. The first-order valence-electron chi connectivity index (χ1n) is 14.3. The maximum Gasteiger partial charge on any atom is 0.224 e. The molecule has 0 bridgehead atoms. The quantitative estimate of drug-likeness (QED) is 0.429. The fraction of sp³-hybridized carbons (Fsp3) is 0.600. The van der Waals surface area contributed by atoms with Crippen LogP contribution in [0.1, 0.15) is 58.1 Å². The zero-order valence-corrected chi connectivity index (χ0v) is 23.4. The van der Waals surface area contributed by atoms with Gasteiger partial charge >= 0.3 is 0 Å². The summed E-state index contributed by atoms with van der Waals surface area (Å²) in [5, 5.41) is 14.5. The first kappa shape index (κ1) is 27.1. The van der Waals surface area contributed by atoms with Gasteiger partial charge in [0.25, 0.3) is 0 Å². The SMILES string of the molecule is COC[C@H](C)Nc1ncc2c(-c3ccc(CN4CCN(C(C)C)CC4)cc3)cn(C3CCC(O)CC3)c2n1. The van der Waals surface area contributed by atoms with Crippen molar-refractivity contribution in [3.05, 3.63) is 42.2 Å². The lowest BCUT2D eigenvalue weighted by molar-refractivity contribution is 0.104. The number of ether oxygens (including phenoxy) is 1. The summed E-state index contributed by atoms with van der Waals surface area (Å²) in [5.74, 6) is 0.622. The summed E-state index contributed by atoms with van der Waals surface area (Å²) in [6.07, 6.45) is 7.61. The van der Waals surface area contributed by atoms with E-state index >= 15 is 0 Å². The van der Waals surface area contributed by atoms with Crippen molar-refractivity contribution in [2.75, 3.05) is 45.2 Å². The predicted octanol–water partition coefficient (Wildman–Crippen LogP) is 4.55. The first-order chi connectivity index (χ1) is 18.4. The summed E-state index contributed by atoms with van der Waals surface area (Å²) in [5.41, 5.74) is 4.66. The van der Waals surface area contributed by atoms with E-state index in [9.17, 15) is 5.11 Å². The molecule has 38 heavy (non-hydrogen) atoms. The molecule has 3 heterocycles. The minimum atomic E-state index is -0.185. The molecule has 1 saturated heterocycles. The highest BCUT2D eigenvalue weighted by atomic mass is 16.5. The highest BCUT2D eigenvalue weighted by Gasteiger charge is 2.25. The Bertz CT molecular complexity index is 1180. The molecule has 5 rings (SSSR count). The molecular weight excluding hydrogens is 476 g/mol. The topological polar surface area (TPSA) is 78.7 Å². The Morgan fingerprint density at radius 1 is 1.03 bits per heavy atom. The van der Waals surface area contributed by atoms with Crippen molar-refractivity contribution in [2.24, 2.45) is 0 Å². The number of benzene rings is 1. The number of hydrogen-bond acceptors (Lipinski definition) is 7. The number of anilines is 1. The van der Waals surface area contributed by atoms with Crippen molar-refractivity contribution in [3.8, 4) is 11.1 Å². The monoisotopic (exact) mass is 520 g/mol. The molecule has 8 nitrogen and oxygen atoms in total. The fourth-order valence-corrected chi connectivity index (χ4v) is 5.94. The number of piperazine rings is 1. The molecule has 0 radical (unpaired) electrons. The number of hydrogen-bond donors (Lipinski definition) is 2. The van der Waals surface area contributed by atoms with Crippen LogP contribution in [0.5, 0.6) is 0 Å². The van der Waals surface area contributed by atoms with Crippen molar-refractivity contribution < 1.29 is 9.84 Å². The van der Waals surface area contributed by atoms with E-state index in [0.29, 0.717) is 24.6 Å². The molecule has 3 aromatic rings. The molecule has 1 aromatic carbocycles. The van der Waals surface area contributed by atoms with Crippen LogP contribution in [0.2, 0.25) is 0 Å². The number of aliphatic hydroxyl groups excluding tert-OH is 1. The minimum Gasteiger partial charge on any atom is -0.393 e. The summed E-state index contributed by atoms with van der Waals surface area (Å²) < 4.78 is 7.60. The van der Waals surface area contributed by atoms with Crippen LogP contribution in [0.3, 0.4) is 0 Å². The molecule has 206 valence electrons. The lowest BCUT2D eigenvalue weighted by atomic mass is 9.93. The summed E-state index contributed by atoms with van der Waals surface area (Å²) >= 11 is 0. The molecular formula is C30H44N6O2. The van der Waals surface area contributed by atoms with Crippen molar-refractivity contribution in [2.45, 2.75) is 77.2 Å². The maximum absolute atomic E-state index is 10.1. The summed E-state index contributed by atoms with van der Waals surface area (Å²) in [6, 6.07) is 10.1. The molecule has 0 amide bonds. The van der Waals surface area contributed by atoms with Gasteiger partial charge in [0.2, 0.25) is 5.95 Å². The number of rotatable bonds is 9. The Hall–Kier alpha value is -2.52. The Morgan fingerprint density at radius 2 is 1.74 bits per heavy atom. The van der Waals surface area contributed by atoms with Crippen LogP contribution in [0.15, 0.2) is 36.7 Å². The highest BCUT2D eigenvalue weighted by Crippen LogP contribution is 2.37. The average molecular weight is 521 g/mol. The molecule has 1 aliphatic carbocycles. The van der Waals surface area contributed by atoms with Crippen LogP contribution in [0.25, 0.3) is 22.2 Å². The lowest BCUT2D eigenvalue weighted by Crippen LogP contribution is -2.48. The van der Waals surface area contributed by atoms with Gasteiger partial charge in [0.05, 0.1) is 12.7 Å². The number of aliphatic hydroxyl groups is 1. The molecule has 8 heteroatoms. The molecule has 2 N–H and O–H groups in total. The van der Waals surface area contributed by atoms with Crippen LogP contribution in [0, 0.1) is 0 Å². The van der Waals surface area contributed by atoms with E-state index in [1.54, 1.807) is 7.11 Å². The van der Waals surface area contributed by atoms with E-state index in [-0.39, 0.29) is 12.1 Å². The summed E-state index contributed by atoms with van der Waals surface area (Å²) in [4.78, 5) is 14.7. The van der Waals surface area contributed by atoms with E-state index in [0.717, 1.165) is 69.4 Å². The van der Waals surface area contributed by atoms with E-state index in [2.05, 4.69) is 75.9 Å². The van der Waals surface area contributed by atoms with Crippen molar-refractivity contribution in [1.82, 2.24) is 24.3 Å². The third-order valence-corrected chi connectivity index (χ3v) is 8.23. The van der Waals surface area contributed by atoms with E-state index in [4.69, 9.17) is 9.72 Å². The Labute approximate surface area is 227 Å². The lowest BCUT2D eigenvalue weighted by Gasteiger charge is -2.36. The second kappa shape index (κ2) is 12.1. The molecule has 1 atom stereocenters. The van der Waals surface area contributed by atoms with Crippen LogP contribution < -0.4 is 5.32 Å². The minimum absolute atomic E-state index is 0.117. The van der Waals surface area contributed by atoms with Crippen molar-refractivity contribution in [1.29, 1.82) is 0 Å². The van der Waals surface area contributed by atoms with E-state index in [1.807, 2.05) is 6.20 Å². The predicted molar refractivity (Wildman–Crippen MR) is 153 cm³/mol. The third-order valence-electron chi connectivity index (χ3n) is 8.23. The molecule has 2 aromatic heterocycles. The van der Waals surface area contributed by atoms with Gasteiger partial charge in [0.15, 0.2) is 0 Å². The summed E-state index contributed by atoms with van der Waals surface area (Å²) in [6.45, 7) is 12.8. The highest BCUT2D eigenvalue weighted by molar-refractivity contribution is 5.94. The van der Waals surface area contributed by atoms with Crippen LogP contribution in [0.4, 0.5) is 5.95 Å². The number of nitrogens with zero attached hydrogens (tertiary/aromatic N) is 5. The van der Waals surface area contributed by atoms with Gasteiger partial charge in [-0.1, -0.05) is 24.3 Å². The van der Waals surface area contributed by atoms with Gasteiger partial charge in [-0.3, -0.25) is 9.80 Å². The van der Waals surface area contributed by atoms with Gasteiger partial charge in [-0.25, -0.2) is 4.98 Å². The van der Waals surface area contributed by atoms with Gasteiger partial charge in [-0.15, -0.1) is 0 Å². The number of fused-ring (bicyclic) bond motifs is 1. The fourth-order valence-electron chi connectivity index (χ4n) is 5.94. The number of nitrogens with one attached hydrogen (secondary N) is 1. The zero-order valence-electron chi connectivity index (χ0n) is 23.4. The smallest absolute Gasteiger partial charge is 0.224 e. The number of methoxy groups -OCH3 is 1. The van der Waals surface area contributed by atoms with Crippen molar-refractivity contribution >= 4 is 17.0 Å². The number of aromatic nitrogens is 3. The van der Waals surface area contributed by atoms with Gasteiger partial charge in [-0.05, 0) is 57.6 Å². The van der Waals surface area contributed by atoms with Gasteiger partial charge in [0.1, 0.15) is 5.65 Å². The molecule has 1 aliphatic heterocycles. The van der Waals surface area contributed by atoms with Crippen LogP contribution in [-0.4, -0.2) is 87.5 Å². The van der Waals surface area contributed by atoms with Gasteiger partial charge < -0.3 is 19.7 Å². The van der Waals surface area contributed by atoms with Crippen molar-refractivity contribution in [3.63, 3.8) is 0 Å². The third kappa shape index (κ3) is 6.20. The maximum atomic E-state index is 10.1. The Morgan fingerprint density at radius 3 is 2.39 bits per heavy atom. The second-order valence-corrected chi connectivity index (χ2v) is 11.4. The Kier molecular flexibility index (Phi) is 8.63. The molecule has 0 unspecified atom stereocenters. The zero-order chi connectivity index (χ0) is 26.6. The van der Waals surface area contributed by atoms with E-state index < -0.39 is 0 Å². The standard InChI is InChI=1S/C30H44N6O2/c1-21(2)35-15-13-34(14-16-35)18-23-5-7-24(8-6-23)28-19-36(25-9-11-26(37)12-10-25)29-27(28)17-31-30(33-29)32-22(3)20-38-4/h5-8,17,19,21-22,25-26,37H,9-16,18,20H2,1-4H3,(H,31,32,33)/t22-,25?,26?/m0/s1. The molecule has 0 spiro atoms. The van der Waals surface area contributed by atoms with Crippen LogP contribution >= 0.6 is 0 Å². The molecule has 1 saturated carbocycles. The van der Waals surface area contributed by atoms with Crippen LogP contribution in [-0.2, 0) is 11.3 Å². The van der Waals surface area contributed by atoms with Gasteiger partial charge in [0, 0.05) is 81.3 Å². The average Bonchev–Trinajstić information content (AvgIpc) is 3.29. The Balaban J connectivity index is 1.38. The summed E-state index contributed by atoms with van der Waals surface area (Å²) in [7, 11) is 1.70. The van der Waals surface area contributed by atoms with Gasteiger partial charge in [-0.2, -0.15) is 4.98 Å².